The first-order chi connectivity index (χ1) is 8.87. The highest BCUT2D eigenvalue weighted by molar-refractivity contribution is 7.98. The first-order valence-corrected chi connectivity index (χ1v) is 8.28. The molecule has 0 amide bonds. The minimum Gasteiger partial charge on any atom is -0.352 e. The molecule has 2 fully saturated rings. The zero-order valence-corrected chi connectivity index (χ0v) is 12.1. The molecule has 0 saturated carbocycles. The Hall–Kier alpha value is -0.760. The molecule has 2 aliphatic rings. The van der Waals surface area contributed by atoms with Crippen molar-refractivity contribution in [3.63, 3.8) is 0 Å². The maximum absolute atomic E-state index is 13.2. The summed E-state index contributed by atoms with van der Waals surface area (Å²) in [6.07, 6.45) is 0. The molecule has 4 nitrogen and oxygen atoms in total. The minimum atomic E-state index is -2.81. The summed E-state index contributed by atoms with van der Waals surface area (Å²) in [4.78, 5) is 1.74. The van der Waals surface area contributed by atoms with Crippen molar-refractivity contribution in [2.24, 2.45) is 0 Å². The van der Waals surface area contributed by atoms with E-state index in [1.54, 1.807) is 11.0 Å². The fraction of sp³-hybridized carbons (Fsp3) is 0.364. The van der Waals surface area contributed by atoms with Crippen LogP contribution in [0.5, 0.6) is 0 Å². The summed E-state index contributed by atoms with van der Waals surface area (Å²) in [5, 5.41) is 3.52. The van der Waals surface area contributed by atoms with Gasteiger partial charge in [-0.2, -0.15) is 4.55 Å². The molecule has 102 valence electrons. The summed E-state index contributed by atoms with van der Waals surface area (Å²) in [6, 6.07) is 3.97. The molecular formula is C11H11ClFN2O2S2+. The summed E-state index contributed by atoms with van der Waals surface area (Å²) >= 11 is 11.0. The molecule has 3 rings (SSSR count). The van der Waals surface area contributed by atoms with E-state index in [9.17, 15) is 13.2 Å². The Morgan fingerprint density at radius 3 is 2.95 bits per heavy atom. The predicted octanol–water partition coefficient (Wildman–Crippen LogP) is 1.90. The topological polar surface area (TPSA) is 52.6 Å². The molecule has 0 aromatic heterocycles. The van der Waals surface area contributed by atoms with E-state index < -0.39 is 16.0 Å². The Balaban J connectivity index is 1.97. The number of fused-ring (bicyclic) bond motifs is 1. The normalized spacial score (nSPS) is 33.4. The van der Waals surface area contributed by atoms with Crippen LogP contribution in [0, 0.1) is 5.82 Å². The molecule has 1 unspecified atom stereocenters. The summed E-state index contributed by atoms with van der Waals surface area (Å²) in [7, 11) is -2.81. The molecule has 1 aromatic carbocycles. The summed E-state index contributed by atoms with van der Waals surface area (Å²) < 4.78 is 34.6. The van der Waals surface area contributed by atoms with E-state index in [0.717, 1.165) is 0 Å². The molecule has 0 aliphatic carbocycles. The van der Waals surface area contributed by atoms with Crippen molar-refractivity contribution >= 4 is 44.8 Å². The number of nitrogens with one attached hydrogen (secondary N) is 1. The first-order valence-electron chi connectivity index (χ1n) is 5.64. The fourth-order valence-electron chi connectivity index (χ4n) is 2.56. The van der Waals surface area contributed by atoms with Gasteiger partial charge in [-0.05, 0) is 30.4 Å². The number of hydrogen-bond acceptors (Lipinski definition) is 2. The van der Waals surface area contributed by atoms with Crippen LogP contribution >= 0.6 is 23.8 Å². The van der Waals surface area contributed by atoms with E-state index in [-0.39, 0.29) is 28.6 Å². The van der Waals surface area contributed by atoms with Gasteiger partial charge < -0.3 is 10.2 Å². The quantitative estimate of drug-likeness (QED) is 0.611. The average Bonchev–Trinajstić information content (AvgIpc) is 2.73. The van der Waals surface area contributed by atoms with Gasteiger partial charge in [0.1, 0.15) is 17.9 Å². The van der Waals surface area contributed by atoms with E-state index in [2.05, 4.69) is 5.32 Å². The van der Waals surface area contributed by atoms with Gasteiger partial charge in [0.2, 0.25) is 10.2 Å². The molecule has 1 aromatic rings. The van der Waals surface area contributed by atoms with Crippen molar-refractivity contribution < 1.29 is 13.2 Å². The number of anilines is 1. The monoisotopic (exact) mass is 321 g/mol. The van der Waals surface area contributed by atoms with Gasteiger partial charge in [-0.1, -0.05) is 15.8 Å². The maximum Gasteiger partial charge on any atom is 0.218 e. The van der Waals surface area contributed by atoms with Gasteiger partial charge in [0.25, 0.3) is 0 Å². The average molecular weight is 322 g/mol. The predicted molar refractivity (Wildman–Crippen MR) is 77.6 cm³/mol. The summed E-state index contributed by atoms with van der Waals surface area (Å²) in [5.74, 6) is -0.166. The van der Waals surface area contributed by atoms with Crippen LogP contribution in [0.15, 0.2) is 18.2 Å². The van der Waals surface area contributed by atoms with Crippen LogP contribution in [0.4, 0.5) is 10.1 Å². The lowest BCUT2D eigenvalue weighted by molar-refractivity contribution is 0.502. The smallest absolute Gasteiger partial charge is 0.218 e. The zero-order chi connectivity index (χ0) is 13.8. The molecule has 0 spiro atoms. The van der Waals surface area contributed by atoms with Gasteiger partial charge in [0.15, 0.2) is 16.6 Å². The van der Waals surface area contributed by atoms with Gasteiger partial charge in [-0.3, -0.25) is 0 Å². The summed E-state index contributed by atoms with van der Waals surface area (Å²) in [5.41, 5.74) is 0.633. The number of halogens is 2. The Morgan fingerprint density at radius 2 is 2.26 bits per heavy atom. The van der Waals surface area contributed by atoms with E-state index in [1.165, 1.54) is 12.1 Å². The highest BCUT2D eigenvalue weighted by Gasteiger charge is 2.54. The lowest BCUT2D eigenvalue weighted by atomic mass is 10.1. The van der Waals surface area contributed by atoms with Crippen molar-refractivity contribution in [1.29, 1.82) is 0 Å². The van der Waals surface area contributed by atoms with E-state index >= 15 is 0 Å². The first kappa shape index (κ1) is 13.2. The zero-order valence-electron chi connectivity index (χ0n) is 9.68. The van der Waals surface area contributed by atoms with Crippen molar-refractivity contribution in [3.8, 4) is 0 Å². The van der Waals surface area contributed by atoms with Crippen LogP contribution in [-0.2, 0) is 14.4 Å². The van der Waals surface area contributed by atoms with Crippen LogP contribution in [-0.4, -0.2) is 33.3 Å². The number of benzene rings is 1. The van der Waals surface area contributed by atoms with Gasteiger partial charge >= 0.3 is 0 Å². The van der Waals surface area contributed by atoms with Crippen molar-refractivity contribution in [2.45, 2.75) is 12.1 Å². The van der Waals surface area contributed by atoms with Crippen LogP contribution in [0.25, 0.3) is 0 Å². The second-order valence-electron chi connectivity index (χ2n) is 4.70. The van der Waals surface area contributed by atoms with Crippen molar-refractivity contribution in [3.05, 3.63) is 29.0 Å². The molecule has 0 radical (unpaired) electrons. The highest BCUT2D eigenvalue weighted by atomic mass is 35.5. The Kier molecular flexibility index (Phi) is 3.05. The van der Waals surface area contributed by atoms with Gasteiger partial charge in [0.05, 0.1) is 5.02 Å². The Labute approximate surface area is 121 Å². The molecule has 3 atom stereocenters. The van der Waals surface area contributed by atoms with Crippen LogP contribution < -0.4 is 10.2 Å². The maximum atomic E-state index is 13.2. The molecule has 2 aliphatic heterocycles. The third-order valence-electron chi connectivity index (χ3n) is 3.38. The van der Waals surface area contributed by atoms with E-state index in [1.807, 2.05) is 0 Å². The lowest BCUT2D eigenvalue weighted by Gasteiger charge is -2.22. The van der Waals surface area contributed by atoms with Crippen LogP contribution in [0.2, 0.25) is 5.02 Å². The van der Waals surface area contributed by atoms with Gasteiger partial charge in [0, 0.05) is 5.69 Å². The largest absolute Gasteiger partial charge is 0.352 e. The minimum absolute atomic E-state index is 0.00600. The molecule has 2 N–H and O–H groups in total. The molecule has 8 heteroatoms. The second kappa shape index (κ2) is 4.37. The fourth-order valence-corrected chi connectivity index (χ4v) is 5.04. The number of hydrogen-bond donors (Lipinski definition) is 2. The van der Waals surface area contributed by atoms with Crippen LogP contribution in [0.1, 0.15) is 0 Å². The Morgan fingerprint density at radius 1 is 1.53 bits per heavy atom. The molecule has 0 bridgehead atoms. The van der Waals surface area contributed by atoms with E-state index in [4.69, 9.17) is 23.8 Å². The second-order valence-corrected chi connectivity index (χ2v) is 7.70. The highest BCUT2D eigenvalue weighted by Crippen LogP contribution is 2.33. The number of rotatable bonds is 1. The molecule has 2 heterocycles. The standard InChI is InChI=1S/C11H10ClFN2O2S2/c12-7-3-6(1-2-8(7)13)15-10-5-19(16,17)4-9(10)14-11(15)18/h1-3,9-10H,4-5H2,(H-,14,16,17,18)/p+1/t9-,10+/m0/s1. The molecule has 19 heavy (non-hydrogen) atoms. The van der Waals surface area contributed by atoms with Crippen molar-refractivity contribution in [1.82, 2.24) is 5.32 Å². The Bertz CT molecular complexity index is 612. The molecular weight excluding hydrogens is 311 g/mol. The third-order valence-corrected chi connectivity index (χ3v) is 5.72. The van der Waals surface area contributed by atoms with E-state index in [0.29, 0.717) is 10.8 Å². The molecule has 2 saturated heterocycles. The third kappa shape index (κ3) is 2.24. The SMILES string of the molecule is O=[S+]1(O)C[C@@H]2NC(=S)N(c3ccc(F)c(Cl)c3)[C@@H]2C1. The van der Waals surface area contributed by atoms with Gasteiger partial charge in [-0.25, -0.2) is 4.39 Å². The lowest BCUT2D eigenvalue weighted by Crippen LogP contribution is -2.37. The number of thiocarbonyl (C=S) groups is 1. The van der Waals surface area contributed by atoms with Gasteiger partial charge in [-0.15, -0.1) is 0 Å². The number of nitrogens with zero attached hydrogens (tertiary/aromatic N) is 1. The van der Waals surface area contributed by atoms with Crippen molar-refractivity contribution in [2.75, 3.05) is 16.4 Å². The summed E-state index contributed by atoms with van der Waals surface area (Å²) in [6.45, 7) is 0. The van der Waals surface area contributed by atoms with Crippen LogP contribution in [0.3, 0.4) is 0 Å².